The standard InChI is InChI=1S/C16H21N5OS/c1-3-13-15(23-20-19-13)16(22)18-12-7-5-9-21(10-12)14-8-4-6-11(2)17-14/h4,6,8,12H,3,5,7,9-10H2,1-2H3,(H,18,22). The Bertz CT molecular complexity index is 687. The maximum atomic E-state index is 12.4. The van der Waals surface area contributed by atoms with Crippen LogP contribution in [0, 0.1) is 6.92 Å². The number of carbonyl (C=O) groups excluding carboxylic acids is 1. The molecule has 1 aliphatic heterocycles. The number of hydrogen-bond donors (Lipinski definition) is 1. The van der Waals surface area contributed by atoms with Gasteiger partial charge in [0.2, 0.25) is 0 Å². The zero-order valence-electron chi connectivity index (χ0n) is 13.5. The van der Waals surface area contributed by atoms with Crippen molar-refractivity contribution in [3.8, 4) is 0 Å². The van der Waals surface area contributed by atoms with E-state index in [4.69, 9.17) is 0 Å². The van der Waals surface area contributed by atoms with E-state index in [9.17, 15) is 4.79 Å². The molecule has 0 bridgehead atoms. The minimum Gasteiger partial charge on any atom is -0.355 e. The molecular formula is C16H21N5OS. The minimum absolute atomic E-state index is 0.0547. The molecule has 2 aromatic heterocycles. The van der Waals surface area contributed by atoms with Crippen LogP contribution in [0.4, 0.5) is 5.82 Å². The zero-order chi connectivity index (χ0) is 16.2. The fourth-order valence-electron chi connectivity index (χ4n) is 2.87. The maximum Gasteiger partial charge on any atom is 0.265 e. The molecule has 1 atom stereocenters. The van der Waals surface area contributed by atoms with Crippen LogP contribution in [0.1, 0.15) is 40.8 Å². The summed E-state index contributed by atoms with van der Waals surface area (Å²) in [5.74, 6) is 0.929. The van der Waals surface area contributed by atoms with E-state index >= 15 is 0 Å². The van der Waals surface area contributed by atoms with Crippen LogP contribution in [0.2, 0.25) is 0 Å². The first-order chi connectivity index (χ1) is 11.2. The highest BCUT2D eigenvalue weighted by Gasteiger charge is 2.24. The lowest BCUT2D eigenvalue weighted by atomic mass is 10.1. The van der Waals surface area contributed by atoms with Crippen LogP contribution in [-0.2, 0) is 6.42 Å². The quantitative estimate of drug-likeness (QED) is 0.930. The normalized spacial score (nSPS) is 18.0. The summed E-state index contributed by atoms with van der Waals surface area (Å²) < 4.78 is 3.89. The van der Waals surface area contributed by atoms with Gasteiger partial charge in [-0.15, -0.1) is 5.10 Å². The summed E-state index contributed by atoms with van der Waals surface area (Å²) in [4.78, 5) is 19.9. The van der Waals surface area contributed by atoms with Crippen molar-refractivity contribution in [3.05, 3.63) is 34.5 Å². The van der Waals surface area contributed by atoms with Gasteiger partial charge < -0.3 is 10.2 Å². The van der Waals surface area contributed by atoms with E-state index < -0.39 is 0 Å². The number of aromatic nitrogens is 3. The average molecular weight is 331 g/mol. The molecule has 0 spiro atoms. The highest BCUT2D eigenvalue weighted by Crippen LogP contribution is 2.19. The second kappa shape index (κ2) is 7.04. The van der Waals surface area contributed by atoms with Gasteiger partial charge >= 0.3 is 0 Å². The molecule has 1 aliphatic rings. The summed E-state index contributed by atoms with van der Waals surface area (Å²) >= 11 is 1.17. The second-order valence-electron chi connectivity index (χ2n) is 5.80. The Morgan fingerprint density at radius 3 is 3.13 bits per heavy atom. The molecule has 6 nitrogen and oxygen atoms in total. The van der Waals surface area contributed by atoms with Gasteiger partial charge in [-0.25, -0.2) is 4.98 Å². The van der Waals surface area contributed by atoms with Crippen LogP contribution in [0.3, 0.4) is 0 Å². The van der Waals surface area contributed by atoms with Gasteiger partial charge in [0.05, 0.1) is 5.69 Å². The van der Waals surface area contributed by atoms with Crippen LogP contribution < -0.4 is 10.2 Å². The van der Waals surface area contributed by atoms with Gasteiger partial charge in [0.25, 0.3) is 5.91 Å². The van der Waals surface area contributed by atoms with E-state index in [2.05, 4.69) is 24.8 Å². The lowest BCUT2D eigenvalue weighted by Gasteiger charge is -2.34. The number of nitrogens with one attached hydrogen (secondary N) is 1. The smallest absolute Gasteiger partial charge is 0.265 e. The van der Waals surface area contributed by atoms with Gasteiger partial charge in [0, 0.05) is 24.8 Å². The van der Waals surface area contributed by atoms with Gasteiger partial charge in [-0.1, -0.05) is 17.5 Å². The third kappa shape index (κ3) is 3.67. The topological polar surface area (TPSA) is 71.0 Å². The molecule has 1 unspecified atom stereocenters. The Kier molecular flexibility index (Phi) is 4.85. The summed E-state index contributed by atoms with van der Waals surface area (Å²) in [6.45, 7) is 5.75. The van der Waals surface area contributed by atoms with Crippen molar-refractivity contribution in [2.45, 2.75) is 39.2 Å². The van der Waals surface area contributed by atoms with E-state index in [0.29, 0.717) is 4.88 Å². The molecule has 1 fully saturated rings. The van der Waals surface area contributed by atoms with Crippen LogP contribution in [-0.4, -0.2) is 39.6 Å². The van der Waals surface area contributed by atoms with Crippen molar-refractivity contribution in [2.24, 2.45) is 0 Å². The molecule has 0 aromatic carbocycles. The highest BCUT2D eigenvalue weighted by molar-refractivity contribution is 7.08. The molecule has 1 amide bonds. The first kappa shape index (κ1) is 15.9. The zero-order valence-corrected chi connectivity index (χ0v) is 14.3. The van der Waals surface area contributed by atoms with Crippen molar-refractivity contribution < 1.29 is 4.79 Å². The lowest BCUT2D eigenvalue weighted by molar-refractivity contribution is 0.0936. The number of carbonyl (C=O) groups is 1. The number of piperidine rings is 1. The summed E-state index contributed by atoms with van der Waals surface area (Å²) in [6.07, 6.45) is 2.76. The SMILES string of the molecule is CCc1nnsc1C(=O)NC1CCCN(c2cccc(C)n2)C1. The van der Waals surface area contributed by atoms with Gasteiger partial charge in [-0.2, -0.15) is 0 Å². The summed E-state index contributed by atoms with van der Waals surface area (Å²) in [5.41, 5.74) is 1.79. The molecule has 0 aliphatic carbocycles. The summed E-state index contributed by atoms with van der Waals surface area (Å²) in [7, 11) is 0. The third-order valence-electron chi connectivity index (χ3n) is 4.05. The van der Waals surface area contributed by atoms with E-state index in [-0.39, 0.29) is 11.9 Å². The Labute approximate surface area is 140 Å². The van der Waals surface area contributed by atoms with Crippen molar-refractivity contribution in [1.82, 2.24) is 19.9 Å². The van der Waals surface area contributed by atoms with Crippen LogP contribution >= 0.6 is 11.5 Å². The van der Waals surface area contributed by atoms with Crippen molar-refractivity contribution in [3.63, 3.8) is 0 Å². The summed E-state index contributed by atoms with van der Waals surface area (Å²) in [5, 5.41) is 7.14. The molecule has 0 saturated carbocycles. The largest absolute Gasteiger partial charge is 0.355 e. The Morgan fingerprint density at radius 1 is 1.48 bits per heavy atom. The first-order valence-electron chi connectivity index (χ1n) is 7.98. The van der Waals surface area contributed by atoms with E-state index in [0.717, 1.165) is 49.6 Å². The Hall–Kier alpha value is -2.02. The number of nitrogens with zero attached hydrogens (tertiary/aromatic N) is 4. The Balaban J connectivity index is 1.66. The number of amides is 1. The number of pyridine rings is 1. The molecule has 3 heterocycles. The molecule has 122 valence electrons. The van der Waals surface area contributed by atoms with Crippen molar-refractivity contribution in [2.75, 3.05) is 18.0 Å². The fraction of sp³-hybridized carbons (Fsp3) is 0.500. The van der Waals surface area contributed by atoms with Gasteiger partial charge in [0.15, 0.2) is 0 Å². The minimum atomic E-state index is -0.0547. The molecule has 23 heavy (non-hydrogen) atoms. The van der Waals surface area contributed by atoms with Crippen LogP contribution in [0.5, 0.6) is 0 Å². The number of anilines is 1. The lowest BCUT2D eigenvalue weighted by Crippen LogP contribution is -2.48. The summed E-state index contributed by atoms with van der Waals surface area (Å²) in [6, 6.07) is 6.18. The first-order valence-corrected chi connectivity index (χ1v) is 8.75. The average Bonchev–Trinajstić information content (AvgIpc) is 3.04. The van der Waals surface area contributed by atoms with Crippen molar-refractivity contribution >= 4 is 23.3 Å². The second-order valence-corrected chi connectivity index (χ2v) is 6.55. The molecule has 2 aromatic rings. The van der Waals surface area contributed by atoms with Gasteiger partial charge in [0.1, 0.15) is 10.7 Å². The fourth-order valence-corrected chi connectivity index (χ4v) is 3.52. The molecule has 7 heteroatoms. The predicted octanol–water partition coefficient (Wildman–Crippen LogP) is 2.20. The molecule has 3 rings (SSSR count). The number of hydrogen-bond acceptors (Lipinski definition) is 6. The maximum absolute atomic E-state index is 12.4. The third-order valence-corrected chi connectivity index (χ3v) is 4.82. The monoisotopic (exact) mass is 331 g/mol. The molecular weight excluding hydrogens is 310 g/mol. The number of aryl methyl sites for hydroxylation is 2. The van der Waals surface area contributed by atoms with Gasteiger partial charge in [-0.05, 0) is 49.9 Å². The van der Waals surface area contributed by atoms with Gasteiger partial charge in [-0.3, -0.25) is 4.79 Å². The molecule has 1 saturated heterocycles. The molecule has 1 N–H and O–H groups in total. The van der Waals surface area contributed by atoms with E-state index in [1.807, 2.05) is 32.0 Å². The van der Waals surface area contributed by atoms with Crippen LogP contribution in [0.15, 0.2) is 18.2 Å². The van der Waals surface area contributed by atoms with Crippen molar-refractivity contribution in [1.29, 1.82) is 0 Å². The Morgan fingerprint density at radius 2 is 2.35 bits per heavy atom. The van der Waals surface area contributed by atoms with Crippen LogP contribution in [0.25, 0.3) is 0 Å². The number of rotatable bonds is 4. The van der Waals surface area contributed by atoms with E-state index in [1.54, 1.807) is 0 Å². The highest BCUT2D eigenvalue weighted by atomic mass is 32.1. The van der Waals surface area contributed by atoms with E-state index in [1.165, 1.54) is 11.5 Å². The molecule has 0 radical (unpaired) electrons. The predicted molar refractivity (Wildman–Crippen MR) is 91.0 cm³/mol.